The number of hydrogen-bond acceptors (Lipinski definition) is 2. The summed E-state index contributed by atoms with van der Waals surface area (Å²) in [5.41, 5.74) is 5.30. The van der Waals surface area contributed by atoms with Crippen molar-refractivity contribution in [2.24, 2.45) is 11.0 Å². The molecule has 0 saturated heterocycles. The first-order chi connectivity index (χ1) is 9.99. The predicted molar refractivity (Wildman–Crippen MR) is 96.6 cm³/mol. The van der Waals surface area contributed by atoms with Gasteiger partial charge in [0.1, 0.15) is 0 Å². The van der Waals surface area contributed by atoms with E-state index in [4.69, 9.17) is 12.2 Å². The molecule has 0 radical (unpaired) electrons. The van der Waals surface area contributed by atoms with Crippen molar-refractivity contribution in [1.82, 2.24) is 10.7 Å². The molecule has 1 aromatic carbocycles. The summed E-state index contributed by atoms with van der Waals surface area (Å²) in [6.45, 7) is 9.50. The van der Waals surface area contributed by atoms with Crippen LogP contribution < -0.4 is 10.7 Å². The Kier molecular flexibility index (Phi) is 7.69. The van der Waals surface area contributed by atoms with E-state index in [0.29, 0.717) is 16.9 Å². The van der Waals surface area contributed by atoms with Gasteiger partial charge in [0.15, 0.2) is 5.11 Å². The molecule has 0 aromatic heterocycles. The molecule has 0 atom stereocenters. The van der Waals surface area contributed by atoms with Gasteiger partial charge in [-0.3, -0.25) is 5.43 Å². The van der Waals surface area contributed by atoms with Gasteiger partial charge in [0.05, 0.1) is 0 Å². The topological polar surface area (TPSA) is 36.4 Å². The van der Waals surface area contributed by atoms with Gasteiger partial charge in [-0.15, -0.1) is 0 Å². The third-order valence-corrected chi connectivity index (χ3v) is 3.12. The molecule has 0 amide bonds. The molecule has 4 heteroatoms. The Morgan fingerprint density at radius 3 is 2.43 bits per heavy atom. The van der Waals surface area contributed by atoms with Gasteiger partial charge >= 0.3 is 0 Å². The van der Waals surface area contributed by atoms with E-state index in [-0.39, 0.29) is 0 Å². The van der Waals surface area contributed by atoms with Crippen LogP contribution in [0.25, 0.3) is 6.08 Å². The smallest absolute Gasteiger partial charge is 0.186 e. The van der Waals surface area contributed by atoms with E-state index in [0.717, 1.165) is 12.1 Å². The zero-order chi connectivity index (χ0) is 15.7. The molecule has 114 valence electrons. The third kappa shape index (κ3) is 7.61. The van der Waals surface area contributed by atoms with E-state index >= 15 is 0 Å². The SMILES string of the molecule is CC(C)CNC(=S)N/N=C\C=C\c1ccc(C(C)C)cc1. The van der Waals surface area contributed by atoms with Gasteiger partial charge in [0.2, 0.25) is 0 Å². The van der Waals surface area contributed by atoms with Crippen LogP contribution in [0.1, 0.15) is 44.7 Å². The van der Waals surface area contributed by atoms with Crippen molar-refractivity contribution in [3.63, 3.8) is 0 Å². The van der Waals surface area contributed by atoms with Crippen molar-refractivity contribution in [1.29, 1.82) is 0 Å². The second-order valence-corrected chi connectivity index (χ2v) is 6.08. The Labute approximate surface area is 133 Å². The van der Waals surface area contributed by atoms with Crippen LogP contribution in [0.3, 0.4) is 0 Å². The van der Waals surface area contributed by atoms with Crippen LogP contribution in [-0.2, 0) is 0 Å². The Bertz CT molecular complexity index is 487. The van der Waals surface area contributed by atoms with Crippen molar-refractivity contribution in [2.45, 2.75) is 33.6 Å². The average molecular weight is 303 g/mol. The molecule has 0 aliphatic rings. The maximum absolute atomic E-state index is 5.09. The average Bonchev–Trinajstić information content (AvgIpc) is 2.45. The number of nitrogens with one attached hydrogen (secondary N) is 2. The molecule has 2 N–H and O–H groups in total. The first kappa shape index (κ1) is 17.4. The second-order valence-electron chi connectivity index (χ2n) is 5.67. The van der Waals surface area contributed by atoms with Crippen molar-refractivity contribution < 1.29 is 0 Å². The Hall–Kier alpha value is -1.68. The van der Waals surface area contributed by atoms with Gasteiger partial charge < -0.3 is 5.32 Å². The minimum Gasteiger partial charge on any atom is -0.361 e. The van der Waals surface area contributed by atoms with Crippen LogP contribution in [-0.4, -0.2) is 17.9 Å². The van der Waals surface area contributed by atoms with Gasteiger partial charge in [-0.1, -0.05) is 58.0 Å². The molecule has 0 aliphatic carbocycles. The maximum atomic E-state index is 5.09. The van der Waals surface area contributed by atoms with Crippen LogP contribution in [0, 0.1) is 5.92 Å². The van der Waals surface area contributed by atoms with Gasteiger partial charge in [-0.25, -0.2) is 0 Å². The predicted octanol–water partition coefficient (Wildman–Crippen LogP) is 3.93. The molecule has 0 heterocycles. The second kappa shape index (κ2) is 9.29. The Morgan fingerprint density at radius 1 is 1.19 bits per heavy atom. The van der Waals surface area contributed by atoms with Gasteiger partial charge in [-0.05, 0) is 41.3 Å². The molecule has 0 saturated carbocycles. The highest BCUT2D eigenvalue weighted by molar-refractivity contribution is 7.80. The number of rotatable bonds is 6. The molecule has 1 rings (SSSR count). The highest BCUT2D eigenvalue weighted by Crippen LogP contribution is 2.15. The molecular weight excluding hydrogens is 278 g/mol. The summed E-state index contributed by atoms with van der Waals surface area (Å²) in [6, 6.07) is 8.54. The van der Waals surface area contributed by atoms with Crippen molar-refractivity contribution in [2.75, 3.05) is 6.54 Å². The van der Waals surface area contributed by atoms with Crippen molar-refractivity contribution in [3.8, 4) is 0 Å². The van der Waals surface area contributed by atoms with Crippen LogP contribution >= 0.6 is 12.2 Å². The monoisotopic (exact) mass is 303 g/mol. The first-order valence-corrected chi connectivity index (χ1v) is 7.73. The Morgan fingerprint density at radius 2 is 1.86 bits per heavy atom. The fraction of sp³-hybridized carbons (Fsp3) is 0.412. The van der Waals surface area contributed by atoms with Gasteiger partial charge in [0, 0.05) is 12.8 Å². The zero-order valence-electron chi connectivity index (χ0n) is 13.3. The summed E-state index contributed by atoms with van der Waals surface area (Å²) >= 11 is 5.09. The van der Waals surface area contributed by atoms with Crippen molar-refractivity contribution in [3.05, 3.63) is 41.5 Å². The zero-order valence-corrected chi connectivity index (χ0v) is 14.1. The van der Waals surface area contributed by atoms with E-state index in [1.807, 2.05) is 12.2 Å². The van der Waals surface area contributed by atoms with Crippen LogP contribution in [0.4, 0.5) is 0 Å². The molecule has 0 bridgehead atoms. The molecule has 0 unspecified atom stereocenters. The lowest BCUT2D eigenvalue weighted by Crippen LogP contribution is -2.34. The van der Waals surface area contributed by atoms with Crippen molar-refractivity contribution >= 4 is 29.6 Å². The molecule has 3 nitrogen and oxygen atoms in total. The first-order valence-electron chi connectivity index (χ1n) is 7.32. The fourth-order valence-corrected chi connectivity index (χ4v) is 1.76. The van der Waals surface area contributed by atoms with Crippen LogP contribution in [0.5, 0.6) is 0 Å². The molecule has 0 aliphatic heterocycles. The lowest BCUT2D eigenvalue weighted by Gasteiger charge is -2.08. The molecular formula is C17H25N3S. The van der Waals surface area contributed by atoms with E-state index in [1.165, 1.54) is 5.56 Å². The van der Waals surface area contributed by atoms with Crippen LogP contribution in [0.15, 0.2) is 35.4 Å². The summed E-state index contributed by atoms with van der Waals surface area (Å²) < 4.78 is 0. The summed E-state index contributed by atoms with van der Waals surface area (Å²) in [4.78, 5) is 0. The summed E-state index contributed by atoms with van der Waals surface area (Å²) in [5.74, 6) is 1.12. The molecule has 0 spiro atoms. The lowest BCUT2D eigenvalue weighted by atomic mass is 10.0. The normalized spacial score (nSPS) is 11.7. The number of nitrogens with zero attached hydrogens (tertiary/aromatic N) is 1. The fourth-order valence-electron chi connectivity index (χ4n) is 1.62. The highest BCUT2D eigenvalue weighted by atomic mass is 32.1. The number of benzene rings is 1. The van der Waals surface area contributed by atoms with E-state index < -0.39 is 0 Å². The largest absolute Gasteiger partial charge is 0.361 e. The lowest BCUT2D eigenvalue weighted by molar-refractivity contribution is 0.621. The van der Waals surface area contributed by atoms with E-state index in [9.17, 15) is 0 Å². The minimum atomic E-state index is 0.551. The highest BCUT2D eigenvalue weighted by Gasteiger charge is 1.97. The summed E-state index contributed by atoms with van der Waals surface area (Å²) in [6.07, 6.45) is 5.60. The quantitative estimate of drug-likeness (QED) is 0.475. The maximum Gasteiger partial charge on any atom is 0.186 e. The van der Waals surface area contributed by atoms with E-state index in [1.54, 1.807) is 6.21 Å². The van der Waals surface area contributed by atoms with Gasteiger partial charge in [0.25, 0.3) is 0 Å². The molecule has 0 fully saturated rings. The standard InChI is InChI=1S/C17H25N3S/c1-13(2)12-18-17(21)20-19-11-5-6-15-7-9-16(10-8-15)14(3)4/h5-11,13-14H,12H2,1-4H3,(H2,18,20,21)/b6-5+,19-11-. The number of allylic oxidation sites excluding steroid dienone is 1. The third-order valence-electron chi connectivity index (χ3n) is 2.89. The molecule has 1 aromatic rings. The molecule has 21 heavy (non-hydrogen) atoms. The number of hydrogen-bond donors (Lipinski definition) is 2. The van der Waals surface area contributed by atoms with Gasteiger partial charge in [-0.2, -0.15) is 5.10 Å². The summed E-state index contributed by atoms with van der Waals surface area (Å²) in [7, 11) is 0. The van der Waals surface area contributed by atoms with Crippen LogP contribution in [0.2, 0.25) is 0 Å². The number of thiocarbonyl (C=S) groups is 1. The van der Waals surface area contributed by atoms with E-state index in [2.05, 4.69) is 67.8 Å². The number of hydrazone groups is 1. The Balaban J connectivity index is 2.36. The summed E-state index contributed by atoms with van der Waals surface area (Å²) in [5, 5.41) is 7.69. The minimum absolute atomic E-state index is 0.551.